The van der Waals surface area contributed by atoms with E-state index in [0.717, 1.165) is 16.1 Å². The summed E-state index contributed by atoms with van der Waals surface area (Å²) in [6.45, 7) is 2.73. The van der Waals surface area contributed by atoms with Gasteiger partial charge in [0, 0.05) is 12.3 Å². The summed E-state index contributed by atoms with van der Waals surface area (Å²) in [5.41, 5.74) is 0.524. The van der Waals surface area contributed by atoms with Crippen molar-refractivity contribution in [2.45, 2.75) is 10.3 Å². The molecule has 136 valence electrons. The third-order valence-corrected chi connectivity index (χ3v) is 6.98. The van der Waals surface area contributed by atoms with Crippen molar-refractivity contribution in [2.24, 2.45) is 10.3 Å². The summed E-state index contributed by atoms with van der Waals surface area (Å²) in [6.07, 6.45) is 0. The van der Waals surface area contributed by atoms with Crippen molar-refractivity contribution in [1.29, 1.82) is 0 Å². The molecule has 25 heavy (non-hydrogen) atoms. The van der Waals surface area contributed by atoms with Gasteiger partial charge < -0.3 is 9.84 Å². The van der Waals surface area contributed by atoms with E-state index in [2.05, 4.69) is 10.3 Å². The molecule has 0 spiro atoms. The second-order valence-electron chi connectivity index (χ2n) is 5.43. The lowest BCUT2D eigenvalue weighted by Gasteiger charge is -2.22. The Kier molecular flexibility index (Phi) is 5.57. The van der Waals surface area contributed by atoms with E-state index in [9.17, 15) is 13.2 Å². The molecule has 1 N–H and O–H groups in total. The Balaban J connectivity index is 1.72. The van der Waals surface area contributed by atoms with Crippen LogP contribution in [0.5, 0.6) is 0 Å². The van der Waals surface area contributed by atoms with Crippen molar-refractivity contribution in [3.63, 3.8) is 0 Å². The zero-order chi connectivity index (χ0) is 17.9. The number of ether oxygens (including phenoxy) is 1. The Morgan fingerprint density at radius 3 is 2.52 bits per heavy atom. The molecular formula is C14H18N4O5S2. The van der Waals surface area contributed by atoms with Gasteiger partial charge in [-0.05, 0) is 24.3 Å². The molecule has 1 aromatic carbocycles. The summed E-state index contributed by atoms with van der Waals surface area (Å²) in [5.74, 6) is -0.691. The SMILES string of the molecule is O=C(O)[C@@H]1SCCN1S(=O)(=O)c1ccc(N=NN2CCOCC2)cc1. The van der Waals surface area contributed by atoms with Crippen LogP contribution in [0.2, 0.25) is 0 Å². The zero-order valence-corrected chi connectivity index (χ0v) is 14.9. The van der Waals surface area contributed by atoms with Gasteiger partial charge in [0.25, 0.3) is 0 Å². The van der Waals surface area contributed by atoms with Gasteiger partial charge in [0.2, 0.25) is 10.0 Å². The largest absolute Gasteiger partial charge is 0.479 e. The van der Waals surface area contributed by atoms with Crippen LogP contribution < -0.4 is 0 Å². The Morgan fingerprint density at radius 1 is 1.20 bits per heavy atom. The van der Waals surface area contributed by atoms with Crippen LogP contribution in [-0.2, 0) is 19.6 Å². The number of morpholine rings is 1. The van der Waals surface area contributed by atoms with Crippen LogP contribution in [0.3, 0.4) is 0 Å². The summed E-state index contributed by atoms with van der Waals surface area (Å²) < 4.78 is 31.5. The zero-order valence-electron chi connectivity index (χ0n) is 13.3. The second-order valence-corrected chi connectivity index (χ2v) is 8.51. The van der Waals surface area contributed by atoms with Crippen LogP contribution in [0, 0.1) is 0 Å². The van der Waals surface area contributed by atoms with Gasteiger partial charge >= 0.3 is 5.97 Å². The molecule has 9 nitrogen and oxygen atoms in total. The number of rotatable bonds is 5. The highest BCUT2D eigenvalue weighted by Gasteiger charge is 2.40. The van der Waals surface area contributed by atoms with Crippen LogP contribution in [0.25, 0.3) is 0 Å². The van der Waals surface area contributed by atoms with Gasteiger partial charge in [-0.25, -0.2) is 13.2 Å². The number of carboxylic acid groups (broad SMARTS) is 1. The fourth-order valence-corrected chi connectivity index (χ4v) is 5.48. The van der Waals surface area contributed by atoms with Gasteiger partial charge in [0.15, 0.2) is 5.37 Å². The molecule has 0 saturated carbocycles. The Morgan fingerprint density at radius 2 is 1.88 bits per heavy atom. The first-order chi connectivity index (χ1) is 12.0. The van der Waals surface area contributed by atoms with Gasteiger partial charge in [0.1, 0.15) is 0 Å². The van der Waals surface area contributed by atoms with Gasteiger partial charge in [0.05, 0.1) is 36.9 Å². The topological polar surface area (TPSA) is 112 Å². The maximum Gasteiger partial charge on any atom is 0.332 e. The van der Waals surface area contributed by atoms with E-state index in [0.29, 0.717) is 37.7 Å². The number of benzene rings is 1. The maximum atomic E-state index is 12.6. The summed E-state index contributed by atoms with van der Waals surface area (Å²) in [7, 11) is -3.85. The molecule has 2 heterocycles. The molecule has 1 aromatic rings. The molecule has 2 aliphatic heterocycles. The third kappa shape index (κ3) is 4.11. The number of carbonyl (C=O) groups is 1. The van der Waals surface area contributed by atoms with E-state index < -0.39 is 21.4 Å². The van der Waals surface area contributed by atoms with Crippen molar-refractivity contribution in [3.05, 3.63) is 24.3 Å². The number of nitrogens with zero attached hydrogens (tertiary/aromatic N) is 4. The minimum Gasteiger partial charge on any atom is -0.479 e. The average Bonchev–Trinajstić information content (AvgIpc) is 3.12. The van der Waals surface area contributed by atoms with E-state index in [1.165, 1.54) is 12.1 Å². The lowest BCUT2D eigenvalue weighted by molar-refractivity contribution is -0.138. The molecule has 11 heteroatoms. The lowest BCUT2D eigenvalue weighted by atomic mass is 10.3. The summed E-state index contributed by atoms with van der Waals surface area (Å²) in [6, 6.07) is 5.95. The summed E-state index contributed by atoms with van der Waals surface area (Å²) >= 11 is 1.11. The van der Waals surface area contributed by atoms with Crippen molar-refractivity contribution in [1.82, 2.24) is 9.31 Å². The second kappa shape index (κ2) is 7.68. The Hall–Kier alpha value is -1.69. The number of carboxylic acids is 1. The number of hydrogen-bond acceptors (Lipinski definition) is 7. The lowest BCUT2D eigenvalue weighted by Crippen LogP contribution is -2.39. The van der Waals surface area contributed by atoms with Crippen LogP contribution in [0.15, 0.2) is 39.5 Å². The average molecular weight is 386 g/mol. The summed E-state index contributed by atoms with van der Waals surface area (Å²) in [5, 5.41) is 18.0. The number of hydrogen-bond donors (Lipinski definition) is 1. The van der Waals surface area contributed by atoms with E-state index >= 15 is 0 Å². The highest BCUT2D eigenvalue weighted by Crippen LogP contribution is 2.30. The molecule has 0 radical (unpaired) electrons. The molecule has 0 amide bonds. The monoisotopic (exact) mass is 386 g/mol. The van der Waals surface area contributed by atoms with Crippen LogP contribution in [0.1, 0.15) is 0 Å². The van der Waals surface area contributed by atoms with Gasteiger partial charge in [-0.15, -0.1) is 16.9 Å². The summed E-state index contributed by atoms with van der Waals surface area (Å²) in [4.78, 5) is 11.3. The predicted octanol–water partition coefficient (Wildman–Crippen LogP) is 1.17. The highest BCUT2D eigenvalue weighted by molar-refractivity contribution is 8.02. The van der Waals surface area contributed by atoms with Crippen molar-refractivity contribution < 1.29 is 23.1 Å². The van der Waals surface area contributed by atoms with Gasteiger partial charge in [-0.3, -0.25) is 5.01 Å². The Labute approximate surface area is 149 Å². The molecule has 2 aliphatic rings. The quantitative estimate of drug-likeness (QED) is 0.756. The fraction of sp³-hybridized carbons (Fsp3) is 0.500. The maximum absolute atomic E-state index is 12.6. The van der Waals surface area contributed by atoms with E-state index in [-0.39, 0.29) is 11.4 Å². The third-order valence-electron chi connectivity index (χ3n) is 3.78. The smallest absolute Gasteiger partial charge is 0.332 e. The normalized spacial score (nSPS) is 22.6. The van der Waals surface area contributed by atoms with Crippen molar-refractivity contribution in [3.8, 4) is 0 Å². The fourth-order valence-electron chi connectivity index (χ4n) is 2.47. The van der Waals surface area contributed by atoms with Gasteiger partial charge in [-0.1, -0.05) is 5.22 Å². The van der Waals surface area contributed by atoms with E-state index in [1.807, 2.05) is 0 Å². The first-order valence-electron chi connectivity index (χ1n) is 7.69. The standard InChI is InChI=1S/C14H18N4O5S2/c19-14(20)13-18(7-10-24-13)25(21,22)12-3-1-11(2-4-12)15-16-17-5-8-23-9-6-17/h1-4,13H,5-10H2,(H,19,20)/t13-/m0/s1. The first kappa shape index (κ1) is 18.1. The van der Waals surface area contributed by atoms with Crippen LogP contribution in [-0.4, -0.2) is 72.8 Å². The molecule has 0 bridgehead atoms. The van der Waals surface area contributed by atoms with Crippen molar-refractivity contribution >= 4 is 33.4 Å². The highest BCUT2D eigenvalue weighted by atomic mass is 32.2. The number of sulfonamides is 1. The Bertz CT molecular complexity index is 747. The minimum absolute atomic E-state index is 0.0478. The van der Waals surface area contributed by atoms with Gasteiger partial charge in [-0.2, -0.15) is 4.31 Å². The molecule has 2 saturated heterocycles. The molecular weight excluding hydrogens is 368 g/mol. The van der Waals surface area contributed by atoms with Crippen LogP contribution in [0.4, 0.5) is 5.69 Å². The molecule has 2 fully saturated rings. The molecule has 0 aliphatic carbocycles. The van der Waals surface area contributed by atoms with Crippen molar-refractivity contribution in [2.75, 3.05) is 38.6 Å². The first-order valence-corrected chi connectivity index (χ1v) is 10.2. The van der Waals surface area contributed by atoms with Crippen LogP contribution >= 0.6 is 11.8 Å². The minimum atomic E-state index is -3.85. The number of aliphatic carboxylic acids is 1. The predicted molar refractivity (Wildman–Crippen MR) is 91.1 cm³/mol. The molecule has 3 rings (SSSR count). The molecule has 0 aromatic heterocycles. The molecule has 1 atom stereocenters. The van der Waals surface area contributed by atoms with E-state index in [4.69, 9.17) is 9.84 Å². The number of thioether (sulfide) groups is 1. The van der Waals surface area contributed by atoms with E-state index in [1.54, 1.807) is 17.1 Å². The molecule has 0 unspecified atom stereocenters.